The smallest absolute Gasteiger partial charge is 0.219 e. The number of halogens is 1. The zero-order valence-electron chi connectivity index (χ0n) is 12.3. The Kier molecular flexibility index (Phi) is 3.63. The number of carbonyl (C=O) groups is 1. The quantitative estimate of drug-likeness (QED) is 0.919. The minimum Gasteiger partial charge on any atom is -0.341 e. The van der Waals surface area contributed by atoms with Crippen LogP contribution in [0.15, 0.2) is 18.2 Å². The first-order valence-electron chi connectivity index (χ1n) is 7.19. The number of aromatic nitrogens is 2. The van der Waals surface area contributed by atoms with Crippen LogP contribution in [-0.4, -0.2) is 51.9 Å². The predicted octanol–water partition coefficient (Wildman–Crippen LogP) is 1.93. The maximum Gasteiger partial charge on any atom is 0.219 e. The van der Waals surface area contributed by atoms with Crippen LogP contribution in [0.1, 0.15) is 25.7 Å². The molecule has 0 bridgehead atoms. The number of nitrogens with one attached hydrogen (secondary N) is 1. The third-order valence-electron chi connectivity index (χ3n) is 4.17. The molecule has 0 saturated carbocycles. The lowest BCUT2D eigenvalue weighted by atomic mass is 10.2. The molecule has 2 aromatic rings. The van der Waals surface area contributed by atoms with E-state index in [-0.39, 0.29) is 17.8 Å². The van der Waals surface area contributed by atoms with E-state index in [1.807, 2.05) is 4.90 Å². The van der Waals surface area contributed by atoms with Crippen molar-refractivity contribution in [3.05, 3.63) is 29.8 Å². The fourth-order valence-electron chi connectivity index (χ4n) is 2.80. The first-order valence-corrected chi connectivity index (χ1v) is 7.19. The summed E-state index contributed by atoms with van der Waals surface area (Å²) in [5.74, 6) is 0.703. The lowest BCUT2D eigenvalue weighted by Gasteiger charge is -2.36. The predicted molar refractivity (Wildman–Crippen MR) is 78.3 cm³/mol. The van der Waals surface area contributed by atoms with Crippen LogP contribution in [0, 0.1) is 5.82 Å². The van der Waals surface area contributed by atoms with E-state index < -0.39 is 0 Å². The second-order valence-corrected chi connectivity index (χ2v) is 5.50. The number of H-pyrrole nitrogens is 1. The van der Waals surface area contributed by atoms with Gasteiger partial charge in [0, 0.05) is 33.1 Å². The van der Waals surface area contributed by atoms with E-state index in [9.17, 15) is 9.18 Å². The molecule has 1 aliphatic heterocycles. The Morgan fingerprint density at radius 3 is 2.71 bits per heavy atom. The minimum atomic E-state index is -0.263. The average Bonchev–Trinajstić information content (AvgIpc) is 2.89. The van der Waals surface area contributed by atoms with Gasteiger partial charge in [-0.15, -0.1) is 0 Å². The molecule has 6 heteroatoms. The van der Waals surface area contributed by atoms with Gasteiger partial charge in [0.25, 0.3) is 0 Å². The number of nitrogens with zero attached hydrogens (tertiary/aromatic N) is 3. The van der Waals surface area contributed by atoms with Crippen LogP contribution in [0.2, 0.25) is 0 Å². The molecule has 0 aliphatic carbocycles. The summed E-state index contributed by atoms with van der Waals surface area (Å²) in [6, 6.07) is 4.69. The summed E-state index contributed by atoms with van der Waals surface area (Å²) in [7, 11) is 0. The first-order chi connectivity index (χ1) is 10.0. The Morgan fingerprint density at radius 1 is 1.33 bits per heavy atom. The van der Waals surface area contributed by atoms with Gasteiger partial charge in [0.05, 0.1) is 17.1 Å². The SMILES string of the molecule is CC(=O)N1CCN(C(C)c2nc3ccc(F)cc3[nH]2)CC1. The van der Waals surface area contributed by atoms with E-state index in [0.29, 0.717) is 0 Å². The molecule has 1 aromatic heterocycles. The Bertz CT molecular complexity index is 661. The molecule has 1 atom stereocenters. The van der Waals surface area contributed by atoms with E-state index in [2.05, 4.69) is 21.8 Å². The van der Waals surface area contributed by atoms with Crippen molar-refractivity contribution in [1.82, 2.24) is 19.8 Å². The van der Waals surface area contributed by atoms with Crippen molar-refractivity contribution >= 4 is 16.9 Å². The number of amides is 1. The van der Waals surface area contributed by atoms with Gasteiger partial charge in [0.15, 0.2) is 0 Å². The molecule has 2 heterocycles. The molecule has 21 heavy (non-hydrogen) atoms. The topological polar surface area (TPSA) is 52.2 Å². The molecule has 1 unspecified atom stereocenters. The third-order valence-corrected chi connectivity index (χ3v) is 4.17. The van der Waals surface area contributed by atoms with Crippen LogP contribution in [0.25, 0.3) is 11.0 Å². The molecule has 1 aliphatic rings. The molecule has 112 valence electrons. The summed E-state index contributed by atoms with van der Waals surface area (Å²) >= 11 is 0. The van der Waals surface area contributed by atoms with Crippen LogP contribution in [0.4, 0.5) is 4.39 Å². The van der Waals surface area contributed by atoms with Gasteiger partial charge >= 0.3 is 0 Å². The molecule has 1 N–H and O–H groups in total. The Balaban J connectivity index is 1.75. The van der Waals surface area contributed by atoms with Crippen molar-refractivity contribution in [3.8, 4) is 0 Å². The minimum absolute atomic E-state index is 0.120. The summed E-state index contributed by atoms with van der Waals surface area (Å²) in [5.41, 5.74) is 1.50. The van der Waals surface area contributed by atoms with E-state index in [1.54, 1.807) is 13.0 Å². The van der Waals surface area contributed by atoms with E-state index >= 15 is 0 Å². The number of hydrogen-bond donors (Lipinski definition) is 1. The van der Waals surface area contributed by atoms with Crippen molar-refractivity contribution in [2.24, 2.45) is 0 Å². The summed E-state index contributed by atoms with van der Waals surface area (Å²) in [4.78, 5) is 23.2. The number of imidazole rings is 1. The number of benzene rings is 1. The fraction of sp³-hybridized carbons (Fsp3) is 0.467. The van der Waals surface area contributed by atoms with Crippen LogP contribution < -0.4 is 0 Å². The highest BCUT2D eigenvalue weighted by Gasteiger charge is 2.24. The van der Waals surface area contributed by atoms with Crippen molar-refractivity contribution in [2.45, 2.75) is 19.9 Å². The van der Waals surface area contributed by atoms with E-state index in [0.717, 1.165) is 43.0 Å². The summed E-state index contributed by atoms with van der Waals surface area (Å²) in [5, 5.41) is 0. The number of carbonyl (C=O) groups excluding carboxylic acids is 1. The monoisotopic (exact) mass is 290 g/mol. The average molecular weight is 290 g/mol. The van der Waals surface area contributed by atoms with Crippen molar-refractivity contribution in [1.29, 1.82) is 0 Å². The largest absolute Gasteiger partial charge is 0.341 e. The molecule has 5 nitrogen and oxygen atoms in total. The highest BCUT2D eigenvalue weighted by Crippen LogP contribution is 2.22. The lowest BCUT2D eigenvalue weighted by molar-refractivity contribution is -0.130. The number of rotatable bonds is 2. The highest BCUT2D eigenvalue weighted by atomic mass is 19.1. The Labute approximate surface area is 122 Å². The molecule has 1 aromatic carbocycles. The van der Waals surface area contributed by atoms with Gasteiger partial charge in [0.2, 0.25) is 5.91 Å². The lowest BCUT2D eigenvalue weighted by Crippen LogP contribution is -2.48. The van der Waals surface area contributed by atoms with Gasteiger partial charge in [0.1, 0.15) is 11.6 Å². The standard InChI is InChI=1S/C15H19FN4O/c1-10(19-5-7-20(8-6-19)11(2)21)15-17-13-4-3-12(16)9-14(13)18-15/h3-4,9-10H,5-8H2,1-2H3,(H,17,18). The van der Waals surface area contributed by atoms with Gasteiger partial charge in [-0.2, -0.15) is 0 Å². The number of fused-ring (bicyclic) bond motifs is 1. The summed E-state index contributed by atoms with van der Waals surface area (Å²) in [6.45, 7) is 6.83. The van der Waals surface area contributed by atoms with Gasteiger partial charge in [-0.25, -0.2) is 9.37 Å². The summed E-state index contributed by atoms with van der Waals surface area (Å²) < 4.78 is 13.2. The van der Waals surface area contributed by atoms with Crippen LogP contribution in [0.5, 0.6) is 0 Å². The van der Waals surface area contributed by atoms with Gasteiger partial charge in [-0.1, -0.05) is 0 Å². The second-order valence-electron chi connectivity index (χ2n) is 5.50. The van der Waals surface area contributed by atoms with Crippen molar-refractivity contribution in [3.63, 3.8) is 0 Å². The molecular weight excluding hydrogens is 271 g/mol. The maximum absolute atomic E-state index is 13.2. The number of piperazine rings is 1. The van der Waals surface area contributed by atoms with Crippen molar-refractivity contribution in [2.75, 3.05) is 26.2 Å². The van der Waals surface area contributed by atoms with Crippen LogP contribution >= 0.6 is 0 Å². The third kappa shape index (κ3) is 2.76. The summed E-state index contributed by atoms with van der Waals surface area (Å²) in [6.07, 6.45) is 0. The fourth-order valence-corrected chi connectivity index (χ4v) is 2.80. The second kappa shape index (κ2) is 5.44. The van der Waals surface area contributed by atoms with Crippen LogP contribution in [0.3, 0.4) is 0 Å². The normalized spacial score (nSPS) is 18.1. The van der Waals surface area contributed by atoms with Crippen molar-refractivity contribution < 1.29 is 9.18 Å². The Morgan fingerprint density at radius 2 is 2.05 bits per heavy atom. The van der Waals surface area contributed by atoms with Crippen LogP contribution in [-0.2, 0) is 4.79 Å². The maximum atomic E-state index is 13.2. The zero-order valence-corrected chi connectivity index (χ0v) is 12.3. The molecule has 1 fully saturated rings. The molecule has 1 amide bonds. The highest BCUT2D eigenvalue weighted by molar-refractivity contribution is 5.75. The number of aromatic amines is 1. The molecular formula is C15H19FN4O. The van der Waals surface area contributed by atoms with E-state index in [1.165, 1.54) is 12.1 Å². The van der Waals surface area contributed by atoms with Gasteiger partial charge in [-0.3, -0.25) is 9.69 Å². The molecule has 1 saturated heterocycles. The first kappa shape index (κ1) is 14.0. The zero-order chi connectivity index (χ0) is 15.0. The number of hydrogen-bond acceptors (Lipinski definition) is 3. The molecule has 0 radical (unpaired) electrons. The molecule has 0 spiro atoms. The van der Waals surface area contributed by atoms with Gasteiger partial charge in [-0.05, 0) is 25.1 Å². The van der Waals surface area contributed by atoms with E-state index in [4.69, 9.17) is 0 Å². The Hall–Kier alpha value is -1.95. The van der Waals surface area contributed by atoms with Gasteiger partial charge < -0.3 is 9.88 Å². The molecule has 3 rings (SSSR count).